The lowest BCUT2D eigenvalue weighted by Crippen LogP contribution is -2.49. The Morgan fingerprint density at radius 2 is 1.91 bits per heavy atom. The largest absolute Gasteiger partial charge is 0.444 e. The van der Waals surface area contributed by atoms with Crippen molar-refractivity contribution in [2.45, 2.75) is 77.6 Å². The molecule has 2 aromatic rings. The first-order chi connectivity index (χ1) is 16.1. The lowest BCUT2D eigenvalue weighted by atomic mass is 9.90. The summed E-state index contributed by atoms with van der Waals surface area (Å²) in [5.41, 5.74) is 1.89. The number of nitrogens with one attached hydrogen (secondary N) is 4. The van der Waals surface area contributed by atoms with Crippen LogP contribution in [0.5, 0.6) is 0 Å². The Bertz CT molecular complexity index is 1100. The number of fused-ring (bicyclic) bond motifs is 1. The number of ether oxygens (including phenoxy) is 1. The number of benzene rings is 1. The van der Waals surface area contributed by atoms with Crippen LogP contribution in [-0.4, -0.2) is 34.7 Å². The number of anilines is 3. The third-order valence-electron chi connectivity index (χ3n) is 5.99. The zero-order chi connectivity index (χ0) is 24.5. The summed E-state index contributed by atoms with van der Waals surface area (Å²) >= 11 is 0. The number of rotatable bonds is 5. The Balaban J connectivity index is 1.56. The van der Waals surface area contributed by atoms with Crippen molar-refractivity contribution in [1.29, 1.82) is 0 Å². The van der Waals surface area contributed by atoms with Gasteiger partial charge in [0.2, 0.25) is 0 Å². The molecule has 1 aliphatic heterocycles. The number of carbonyl (C=O) groups excluding carboxylic acids is 2. The summed E-state index contributed by atoms with van der Waals surface area (Å²) < 4.78 is 19.1. The number of nitrogens with zero attached hydrogens (tertiary/aromatic N) is 1. The van der Waals surface area contributed by atoms with E-state index < -0.39 is 11.7 Å². The van der Waals surface area contributed by atoms with Gasteiger partial charge in [0.15, 0.2) is 0 Å². The van der Waals surface area contributed by atoms with Gasteiger partial charge in [0.1, 0.15) is 23.1 Å². The van der Waals surface area contributed by atoms with Crippen molar-refractivity contribution in [1.82, 2.24) is 15.6 Å². The minimum absolute atomic E-state index is 0.0298. The molecule has 0 bridgehead atoms. The van der Waals surface area contributed by atoms with E-state index in [2.05, 4.69) is 26.3 Å². The van der Waals surface area contributed by atoms with Crippen LogP contribution in [0.25, 0.3) is 0 Å². The fourth-order valence-electron chi connectivity index (χ4n) is 4.40. The number of pyridine rings is 1. The van der Waals surface area contributed by atoms with Crippen LogP contribution in [0.4, 0.5) is 26.5 Å². The van der Waals surface area contributed by atoms with Gasteiger partial charge in [0.25, 0.3) is 5.91 Å². The highest BCUT2D eigenvalue weighted by Crippen LogP contribution is 2.30. The number of hydrogen-bond donors (Lipinski definition) is 4. The molecule has 4 N–H and O–H groups in total. The molecule has 1 fully saturated rings. The van der Waals surface area contributed by atoms with Crippen LogP contribution in [0, 0.1) is 12.7 Å². The van der Waals surface area contributed by atoms with Crippen molar-refractivity contribution >= 4 is 29.3 Å². The predicted molar refractivity (Wildman–Crippen MR) is 129 cm³/mol. The van der Waals surface area contributed by atoms with E-state index in [1.807, 2.05) is 26.8 Å². The Hall–Kier alpha value is -3.36. The molecule has 8 nitrogen and oxygen atoms in total. The highest BCUT2D eigenvalue weighted by molar-refractivity contribution is 6.03. The molecule has 2 atom stereocenters. The number of alkyl carbamates (subject to hydrolysis) is 1. The van der Waals surface area contributed by atoms with Crippen molar-refractivity contribution < 1.29 is 18.7 Å². The Morgan fingerprint density at radius 1 is 1.18 bits per heavy atom. The summed E-state index contributed by atoms with van der Waals surface area (Å²) in [5.74, 6) is 0.531. The molecule has 0 radical (unpaired) electrons. The molecule has 1 saturated carbocycles. The zero-order valence-electron chi connectivity index (χ0n) is 20.0. The second-order valence-corrected chi connectivity index (χ2v) is 9.95. The highest BCUT2D eigenvalue weighted by atomic mass is 19.1. The van der Waals surface area contributed by atoms with E-state index in [9.17, 15) is 14.0 Å². The summed E-state index contributed by atoms with van der Waals surface area (Å²) in [5, 5.41) is 12.5. The van der Waals surface area contributed by atoms with Gasteiger partial charge in [-0.3, -0.25) is 4.79 Å². The molecule has 182 valence electrons. The summed E-state index contributed by atoms with van der Waals surface area (Å²) in [6.07, 6.45) is 3.33. The summed E-state index contributed by atoms with van der Waals surface area (Å²) in [7, 11) is 0. The maximum absolute atomic E-state index is 13.7. The molecule has 0 saturated heterocycles. The lowest BCUT2D eigenvalue weighted by Gasteiger charge is -2.34. The van der Waals surface area contributed by atoms with E-state index in [0.29, 0.717) is 35.0 Å². The van der Waals surface area contributed by atoms with Crippen LogP contribution in [0.1, 0.15) is 67.9 Å². The number of carbonyl (C=O) groups is 2. The zero-order valence-corrected chi connectivity index (χ0v) is 20.0. The monoisotopic (exact) mass is 469 g/mol. The predicted octanol–water partition coefficient (Wildman–Crippen LogP) is 4.76. The quantitative estimate of drug-likeness (QED) is 0.503. The Labute approximate surface area is 199 Å². The third-order valence-corrected chi connectivity index (χ3v) is 5.99. The molecule has 34 heavy (non-hydrogen) atoms. The maximum Gasteiger partial charge on any atom is 0.407 e. The van der Waals surface area contributed by atoms with Crippen LogP contribution >= 0.6 is 0 Å². The van der Waals surface area contributed by atoms with Gasteiger partial charge in [0.05, 0.1) is 11.6 Å². The van der Waals surface area contributed by atoms with Gasteiger partial charge < -0.3 is 26.0 Å². The first-order valence-electron chi connectivity index (χ1n) is 11.7. The SMILES string of the molecule is Cc1cc(Nc2nc(N[C@@H]3CCCC[C@@H]3NC(=O)OC(C)(C)C)cc3c2C(=O)NC3)ccc1F. The van der Waals surface area contributed by atoms with Crippen molar-refractivity contribution in [3.63, 3.8) is 0 Å². The first-order valence-corrected chi connectivity index (χ1v) is 11.7. The highest BCUT2D eigenvalue weighted by Gasteiger charge is 2.30. The Morgan fingerprint density at radius 3 is 2.62 bits per heavy atom. The topological polar surface area (TPSA) is 104 Å². The average Bonchev–Trinajstić information content (AvgIpc) is 3.12. The van der Waals surface area contributed by atoms with Gasteiger partial charge in [-0.25, -0.2) is 14.2 Å². The van der Waals surface area contributed by atoms with Gasteiger partial charge in [-0.1, -0.05) is 12.8 Å². The molecule has 0 unspecified atom stereocenters. The van der Waals surface area contributed by atoms with Gasteiger partial charge in [-0.2, -0.15) is 0 Å². The molecule has 2 heterocycles. The van der Waals surface area contributed by atoms with Gasteiger partial charge >= 0.3 is 6.09 Å². The van der Waals surface area contributed by atoms with E-state index in [4.69, 9.17) is 4.74 Å². The minimum atomic E-state index is -0.567. The normalized spacial score (nSPS) is 19.7. The van der Waals surface area contributed by atoms with Crippen molar-refractivity contribution in [3.05, 3.63) is 46.8 Å². The smallest absolute Gasteiger partial charge is 0.407 e. The maximum atomic E-state index is 13.7. The van der Waals surface area contributed by atoms with Crippen LogP contribution < -0.4 is 21.3 Å². The molecule has 2 aliphatic rings. The lowest BCUT2D eigenvalue weighted by molar-refractivity contribution is 0.0488. The molecule has 1 aromatic heterocycles. The van der Waals surface area contributed by atoms with E-state index in [-0.39, 0.29) is 23.8 Å². The molecule has 9 heteroatoms. The molecule has 1 aliphatic carbocycles. The van der Waals surface area contributed by atoms with Crippen LogP contribution in [0.3, 0.4) is 0 Å². The fraction of sp³-hybridized carbons (Fsp3) is 0.480. The minimum Gasteiger partial charge on any atom is -0.444 e. The molecular weight excluding hydrogens is 437 g/mol. The molecule has 1 aromatic carbocycles. The van der Waals surface area contributed by atoms with E-state index >= 15 is 0 Å². The number of hydrogen-bond acceptors (Lipinski definition) is 6. The summed E-state index contributed by atoms with van der Waals surface area (Å²) in [4.78, 5) is 29.5. The van der Waals surface area contributed by atoms with Gasteiger partial charge in [-0.15, -0.1) is 0 Å². The number of halogens is 1. The van der Waals surface area contributed by atoms with Crippen molar-refractivity contribution in [2.75, 3.05) is 10.6 Å². The van der Waals surface area contributed by atoms with Crippen LogP contribution in [0.2, 0.25) is 0 Å². The first kappa shape index (κ1) is 23.8. The van der Waals surface area contributed by atoms with E-state index in [1.165, 1.54) is 6.07 Å². The van der Waals surface area contributed by atoms with Crippen LogP contribution in [-0.2, 0) is 11.3 Å². The molecule has 0 spiro atoms. The van der Waals surface area contributed by atoms with E-state index in [1.54, 1.807) is 19.1 Å². The number of amides is 2. The second kappa shape index (κ2) is 9.48. The Kier molecular flexibility index (Phi) is 6.63. The summed E-state index contributed by atoms with van der Waals surface area (Å²) in [6, 6.07) is 6.42. The van der Waals surface area contributed by atoms with Gasteiger partial charge in [0, 0.05) is 18.3 Å². The second-order valence-electron chi connectivity index (χ2n) is 9.95. The third kappa shape index (κ3) is 5.58. The average molecular weight is 470 g/mol. The molecular formula is C25H32FN5O3. The molecule has 4 rings (SSSR count). The van der Waals surface area contributed by atoms with Crippen molar-refractivity contribution in [2.24, 2.45) is 0 Å². The van der Waals surface area contributed by atoms with E-state index in [0.717, 1.165) is 31.2 Å². The number of aromatic nitrogens is 1. The number of aryl methyl sites for hydroxylation is 1. The molecule has 2 amide bonds. The van der Waals surface area contributed by atoms with Gasteiger partial charge in [-0.05, 0) is 75.9 Å². The standard InChI is InChI=1S/C25H32FN5O3/c1-14-11-16(9-10-17(14)26)28-22-21-15(13-27-23(21)32)12-20(31-22)29-18-7-5-6-8-19(18)30-24(33)34-25(2,3)4/h9-12,18-19H,5-8,13H2,1-4H3,(H,27,32)(H,30,33)(H2,28,29,31)/t18-,19+/m1/s1. The summed E-state index contributed by atoms with van der Waals surface area (Å²) in [6.45, 7) is 7.61. The fourth-order valence-corrected chi connectivity index (χ4v) is 4.40. The van der Waals surface area contributed by atoms with Crippen LogP contribution in [0.15, 0.2) is 24.3 Å². The van der Waals surface area contributed by atoms with Crippen molar-refractivity contribution in [3.8, 4) is 0 Å².